The number of hydrogen-bond donors (Lipinski definition) is 2. The molecule has 3 rings (SSSR count). The van der Waals surface area contributed by atoms with E-state index in [1.54, 1.807) is 28.6 Å². The molecular formula is C17H26ClN3O3S2. The number of benzene rings is 1. The molecule has 1 atom stereocenters. The van der Waals surface area contributed by atoms with Gasteiger partial charge in [0.2, 0.25) is 15.9 Å². The first-order chi connectivity index (χ1) is 12.1. The van der Waals surface area contributed by atoms with Crippen LogP contribution in [0.2, 0.25) is 0 Å². The van der Waals surface area contributed by atoms with Gasteiger partial charge in [0.25, 0.3) is 0 Å². The molecule has 0 saturated carbocycles. The Morgan fingerprint density at radius 3 is 2.73 bits per heavy atom. The van der Waals surface area contributed by atoms with Crippen LogP contribution in [0.4, 0.5) is 5.69 Å². The molecule has 146 valence electrons. The lowest BCUT2D eigenvalue weighted by molar-refractivity contribution is -0.116. The van der Waals surface area contributed by atoms with Gasteiger partial charge in [-0.25, -0.2) is 8.42 Å². The Hall–Kier alpha value is -0.800. The summed E-state index contributed by atoms with van der Waals surface area (Å²) in [5, 5.41) is 6.16. The minimum absolute atomic E-state index is 0. The highest BCUT2D eigenvalue weighted by Gasteiger charge is 2.26. The predicted octanol–water partition coefficient (Wildman–Crippen LogP) is 2.32. The highest BCUT2D eigenvalue weighted by molar-refractivity contribution is 7.99. The van der Waals surface area contributed by atoms with E-state index in [0.29, 0.717) is 25.2 Å². The second-order valence-corrected chi connectivity index (χ2v) is 9.56. The van der Waals surface area contributed by atoms with E-state index in [9.17, 15) is 13.2 Å². The minimum Gasteiger partial charge on any atom is -0.326 e. The quantitative estimate of drug-likeness (QED) is 0.765. The number of piperidine rings is 1. The van der Waals surface area contributed by atoms with Crippen LogP contribution in [0.25, 0.3) is 0 Å². The van der Waals surface area contributed by atoms with Crippen molar-refractivity contribution in [1.82, 2.24) is 9.62 Å². The average molecular weight is 420 g/mol. The Morgan fingerprint density at radius 2 is 2.04 bits per heavy atom. The fourth-order valence-electron chi connectivity index (χ4n) is 3.18. The normalized spacial score (nSPS) is 21.6. The van der Waals surface area contributed by atoms with Crippen LogP contribution in [0.1, 0.15) is 25.7 Å². The highest BCUT2D eigenvalue weighted by Crippen LogP contribution is 2.23. The summed E-state index contributed by atoms with van der Waals surface area (Å²) < 4.78 is 27.0. The predicted molar refractivity (Wildman–Crippen MR) is 109 cm³/mol. The molecule has 0 radical (unpaired) electrons. The van der Waals surface area contributed by atoms with Crippen LogP contribution in [0.3, 0.4) is 0 Å². The molecule has 0 aliphatic carbocycles. The van der Waals surface area contributed by atoms with Crippen molar-refractivity contribution in [2.75, 3.05) is 36.5 Å². The van der Waals surface area contributed by atoms with E-state index in [4.69, 9.17) is 0 Å². The molecule has 0 spiro atoms. The largest absolute Gasteiger partial charge is 0.326 e. The van der Waals surface area contributed by atoms with Gasteiger partial charge < -0.3 is 10.6 Å². The Kier molecular flexibility index (Phi) is 8.22. The molecule has 1 aromatic carbocycles. The maximum absolute atomic E-state index is 12.7. The number of carbonyl (C=O) groups excluding carboxylic acids is 1. The number of carbonyl (C=O) groups is 1. The zero-order valence-electron chi connectivity index (χ0n) is 14.6. The SMILES string of the molecule is Cl.O=C(CC1CSCCN1)Nc1cccc(S(=O)(=O)N2CCCCC2)c1. The van der Waals surface area contributed by atoms with Gasteiger partial charge in [0.15, 0.2) is 0 Å². The molecule has 2 N–H and O–H groups in total. The molecule has 2 saturated heterocycles. The minimum atomic E-state index is -3.48. The van der Waals surface area contributed by atoms with Crippen LogP contribution < -0.4 is 10.6 Å². The molecule has 1 unspecified atom stereocenters. The number of rotatable bonds is 5. The molecule has 2 fully saturated rings. The van der Waals surface area contributed by atoms with E-state index in [-0.39, 0.29) is 29.3 Å². The van der Waals surface area contributed by atoms with Gasteiger partial charge >= 0.3 is 0 Å². The van der Waals surface area contributed by atoms with Crippen molar-refractivity contribution in [2.24, 2.45) is 0 Å². The molecule has 26 heavy (non-hydrogen) atoms. The fraction of sp³-hybridized carbons (Fsp3) is 0.588. The molecule has 0 aromatic heterocycles. The molecule has 9 heteroatoms. The molecule has 1 aromatic rings. The smallest absolute Gasteiger partial charge is 0.243 e. The standard InChI is InChI=1S/C17H25N3O3S2.ClH/c21-17(12-15-13-24-10-7-18-15)19-14-5-4-6-16(11-14)25(22,23)20-8-2-1-3-9-20;/h4-6,11,15,18H,1-3,7-10,12-13H2,(H,19,21);1H. The number of anilines is 1. The first-order valence-electron chi connectivity index (χ1n) is 8.77. The van der Waals surface area contributed by atoms with Crippen molar-refractivity contribution in [2.45, 2.75) is 36.6 Å². The monoisotopic (exact) mass is 419 g/mol. The van der Waals surface area contributed by atoms with Gasteiger partial charge in [-0.1, -0.05) is 12.5 Å². The van der Waals surface area contributed by atoms with Gasteiger partial charge in [-0.2, -0.15) is 16.1 Å². The van der Waals surface area contributed by atoms with Gasteiger partial charge in [-0.15, -0.1) is 12.4 Å². The number of halogens is 1. The lowest BCUT2D eigenvalue weighted by Gasteiger charge is -2.26. The Morgan fingerprint density at radius 1 is 1.27 bits per heavy atom. The van der Waals surface area contributed by atoms with Gasteiger partial charge in [0, 0.05) is 49.3 Å². The van der Waals surface area contributed by atoms with Gasteiger partial charge in [0.1, 0.15) is 0 Å². The summed E-state index contributed by atoms with van der Waals surface area (Å²) in [5.41, 5.74) is 0.534. The van der Waals surface area contributed by atoms with Crippen LogP contribution in [-0.2, 0) is 14.8 Å². The van der Waals surface area contributed by atoms with E-state index in [0.717, 1.165) is 37.3 Å². The molecule has 2 heterocycles. The number of hydrogen-bond acceptors (Lipinski definition) is 5. The van der Waals surface area contributed by atoms with Crippen LogP contribution in [0.15, 0.2) is 29.2 Å². The Labute approximate surface area is 165 Å². The van der Waals surface area contributed by atoms with Crippen molar-refractivity contribution in [1.29, 1.82) is 0 Å². The first kappa shape index (κ1) is 21.5. The lowest BCUT2D eigenvalue weighted by atomic mass is 10.2. The summed E-state index contributed by atoms with van der Waals surface area (Å²) in [6.45, 7) is 2.07. The van der Waals surface area contributed by atoms with Crippen LogP contribution >= 0.6 is 24.2 Å². The maximum atomic E-state index is 12.7. The van der Waals surface area contributed by atoms with Crippen molar-refractivity contribution in [3.8, 4) is 0 Å². The van der Waals surface area contributed by atoms with Crippen molar-refractivity contribution in [3.05, 3.63) is 24.3 Å². The van der Waals surface area contributed by atoms with Crippen LogP contribution in [0.5, 0.6) is 0 Å². The summed E-state index contributed by atoms with van der Waals surface area (Å²) >= 11 is 1.85. The van der Waals surface area contributed by atoms with Gasteiger partial charge in [0.05, 0.1) is 4.90 Å². The molecule has 2 aliphatic heterocycles. The van der Waals surface area contributed by atoms with Crippen LogP contribution in [-0.4, -0.2) is 55.8 Å². The molecule has 6 nitrogen and oxygen atoms in total. The topological polar surface area (TPSA) is 78.5 Å². The van der Waals surface area contributed by atoms with Crippen molar-refractivity contribution >= 4 is 45.8 Å². The summed E-state index contributed by atoms with van der Waals surface area (Å²) in [5.74, 6) is 1.92. The van der Waals surface area contributed by atoms with Gasteiger partial charge in [-0.3, -0.25) is 4.79 Å². The number of nitrogens with one attached hydrogen (secondary N) is 2. The summed E-state index contributed by atoms with van der Waals surface area (Å²) in [4.78, 5) is 12.5. The van der Waals surface area contributed by atoms with Crippen molar-refractivity contribution in [3.63, 3.8) is 0 Å². The third-order valence-electron chi connectivity index (χ3n) is 4.50. The fourth-order valence-corrected chi connectivity index (χ4v) is 5.69. The van der Waals surface area contributed by atoms with Crippen LogP contribution in [0, 0.1) is 0 Å². The van der Waals surface area contributed by atoms with Gasteiger partial charge in [-0.05, 0) is 31.0 Å². The highest BCUT2D eigenvalue weighted by atomic mass is 35.5. The lowest BCUT2D eigenvalue weighted by Crippen LogP contribution is -2.39. The molecule has 0 bridgehead atoms. The van der Waals surface area contributed by atoms with E-state index in [1.165, 1.54) is 0 Å². The zero-order chi connectivity index (χ0) is 17.7. The maximum Gasteiger partial charge on any atom is 0.243 e. The number of nitrogens with zero attached hydrogens (tertiary/aromatic N) is 1. The summed E-state index contributed by atoms with van der Waals surface area (Å²) in [6.07, 6.45) is 3.29. The van der Waals surface area contributed by atoms with E-state index in [1.807, 2.05) is 11.8 Å². The average Bonchev–Trinajstić information content (AvgIpc) is 2.63. The second-order valence-electron chi connectivity index (χ2n) is 6.47. The van der Waals surface area contributed by atoms with E-state index in [2.05, 4.69) is 10.6 Å². The molecule has 2 aliphatic rings. The zero-order valence-corrected chi connectivity index (χ0v) is 17.1. The summed E-state index contributed by atoms with van der Waals surface area (Å²) in [6, 6.07) is 6.75. The molecule has 1 amide bonds. The Bertz CT molecular complexity index is 703. The third-order valence-corrected chi connectivity index (χ3v) is 7.53. The van der Waals surface area contributed by atoms with E-state index < -0.39 is 10.0 Å². The summed E-state index contributed by atoms with van der Waals surface area (Å²) in [7, 11) is -3.48. The molecular weight excluding hydrogens is 394 g/mol. The number of sulfonamides is 1. The Balaban J connectivity index is 0.00000243. The third kappa shape index (κ3) is 5.60. The second kappa shape index (κ2) is 9.94. The first-order valence-corrected chi connectivity index (χ1v) is 11.4. The van der Waals surface area contributed by atoms with E-state index >= 15 is 0 Å². The van der Waals surface area contributed by atoms with Crippen molar-refractivity contribution < 1.29 is 13.2 Å². The number of amides is 1. The number of thioether (sulfide) groups is 1.